The highest BCUT2D eigenvalue weighted by Gasteiger charge is 2.40. The third kappa shape index (κ3) is 5.66. The van der Waals surface area contributed by atoms with E-state index in [9.17, 15) is 0 Å². The first-order valence-corrected chi connectivity index (χ1v) is 15.2. The molecule has 0 saturated heterocycles. The lowest BCUT2D eigenvalue weighted by Gasteiger charge is -2.39. The van der Waals surface area contributed by atoms with Gasteiger partial charge in [0.25, 0.3) is 0 Å². The van der Waals surface area contributed by atoms with Crippen LogP contribution in [-0.2, 0) is 12.0 Å². The molecule has 1 heterocycles. The molecule has 2 aliphatic rings. The minimum atomic E-state index is -0.492. The normalized spacial score (nSPS) is 17.4. The molecule has 0 spiro atoms. The molecule has 3 aromatic carbocycles. The second-order valence-electron chi connectivity index (χ2n) is 11.7. The van der Waals surface area contributed by atoms with Crippen molar-refractivity contribution < 1.29 is 0 Å². The van der Waals surface area contributed by atoms with Crippen molar-refractivity contribution in [2.45, 2.75) is 69.7 Å². The van der Waals surface area contributed by atoms with Crippen molar-refractivity contribution in [2.75, 3.05) is 0 Å². The summed E-state index contributed by atoms with van der Waals surface area (Å²) >= 11 is 0. The molecule has 2 saturated carbocycles. The van der Waals surface area contributed by atoms with E-state index in [-0.39, 0.29) is 0 Å². The maximum atomic E-state index is 5.04. The van der Waals surface area contributed by atoms with Crippen LogP contribution in [0.4, 0.5) is 0 Å². The standard InChI is InChI=1S/C37H42N2/c1-5-15-30(16-6-1)17-13-14-18-32(31-25-26-31)29-36-38-27-28-39(36)37(33-19-7-2-8-20-33,34-21-9-3-10-22-34)35-23-11-4-12-24-35/h2-4,7-12,14,18-24,27-28,30-32H,1,5-6,13,15-17,25-26,29H2/b18-14-/t32-/m0/s1. The highest BCUT2D eigenvalue weighted by atomic mass is 15.1. The molecule has 2 heteroatoms. The summed E-state index contributed by atoms with van der Waals surface area (Å²) < 4.78 is 2.47. The van der Waals surface area contributed by atoms with Crippen LogP contribution in [-0.4, -0.2) is 9.55 Å². The van der Waals surface area contributed by atoms with E-state index in [2.05, 4.69) is 114 Å². The molecule has 200 valence electrons. The van der Waals surface area contributed by atoms with Crippen LogP contribution >= 0.6 is 0 Å². The van der Waals surface area contributed by atoms with Crippen molar-refractivity contribution in [3.63, 3.8) is 0 Å². The van der Waals surface area contributed by atoms with Gasteiger partial charge in [-0.25, -0.2) is 4.98 Å². The number of allylic oxidation sites excluding steroid dienone is 2. The van der Waals surface area contributed by atoms with Crippen LogP contribution < -0.4 is 0 Å². The van der Waals surface area contributed by atoms with Crippen LogP contribution in [0.2, 0.25) is 0 Å². The highest BCUT2D eigenvalue weighted by molar-refractivity contribution is 5.51. The monoisotopic (exact) mass is 514 g/mol. The Balaban J connectivity index is 1.36. The zero-order valence-electron chi connectivity index (χ0n) is 23.2. The predicted molar refractivity (Wildman–Crippen MR) is 162 cm³/mol. The van der Waals surface area contributed by atoms with E-state index in [1.54, 1.807) is 0 Å². The van der Waals surface area contributed by atoms with E-state index in [1.807, 2.05) is 6.20 Å². The lowest BCUT2D eigenvalue weighted by molar-refractivity contribution is 0.341. The second kappa shape index (κ2) is 12.2. The van der Waals surface area contributed by atoms with Crippen LogP contribution in [0.15, 0.2) is 116 Å². The van der Waals surface area contributed by atoms with Crippen molar-refractivity contribution in [2.24, 2.45) is 17.8 Å². The van der Waals surface area contributed by atoms with Gasteiger partial charge >= 0.3 is 0 Å². The molecule has 2 nitrogen and oxygen atoms in total. The smallest absolute Gasteiger partial charge is 0.121 e. The molecule has 39 heavy (non-hydrogen) atoms. The zero-order valence-corrected chi connectivity index (χ0v) is 23.2. The molecule has 0 unspecified atom stereocenters. The number of imidazole rings is 1. The molecule has 0 N–H and O–H groups in total. The van der Waals surface area contributed by atoms with Crippen molar-refractivity contribution >= 4 is 0 Å². The summed E-state index contributed by atoms with van der Waals surface area (Å²) in [5, 5.41) is 0. The van der Waals surface area contributed by atoms with Crippen molar-refractivity contribution in [3.8, 4) is 0 Å². The number of hydrogen-bond donors (Lipinski definition) is 0. The SMILES string of the molecule is C(=C/[C@@H](Cc1nccn1C(c1ccccc1)(c1ccccc1)c1ccccc1)C1CC1)/CCC1CCCCC1. The van der Waals surface area contributed by atoms with Crippen LogP contribution in [0.25, 0.3) is 0 Å². The predicted octanol–water partition coefficient (Wildman–Crippen LogP) is 9.21. The quantitative estimate of drug-likeness (QED) is 0.144. The van der Waals surface area contributed by atoms with E-state index in [1.165, 1.54) is 80.3 Å². The maximum absolute atomic E-state index is 5.04. The minimum absolute atomic E-state index is 0.492. The number of benzene rings is 3. The van der Waals surface area contributed by atoms with Gasteiger partial charge < -0.3 is 4.57 Å². The number of nitrogens with zero attached hydrogens (tertiary/aromatic N) is 2. The van der Waals surface area contributed by atoms with E-state index < -0.39 is 5.54 Å². The van der Waals surface area contributed by atoms with Gasteiger partial charge in [0.1, 0.15) is 11.4 Å². The zero-order chi connectivity index (χ0) is 26.3. The Morgan fingerprint density at radius 1 is 0.744 bits per heavy atom. The van der Waals surface area contributed by atoms with Gasteiger partial charge in [0, 0.05) is 18.8 Å². The molecular weight excluding hydrogens is 472 g/mol. The molecule has 2 aliphatic carbocycles. The summed E-state index contributed by atoms with van der Waals surface area (Å²) in [5.74, 6) is 3.46. The molecule has 0 radical (unpaired) electrons. The van der Waals surface area contributed by atoms with Gasteiger partial charge in [-0.1, -0.05) is 135 Å². The Hall–Kier alpha value is -3.39. The van der Waals surface area contributed by atoms with Gasteiger partial charge in [0.15, 0.2) is 0 Å². The number of rotatable bonds is 11. The van der Waals surface area contributed by atoms with Crippen LogP contribution in [0.5, 0.6) is 0 Å². The topological polar surface area (TPSA) is 17.8 Å². The molecular formula is C37H42N2. The second-order valence-corrected chi connectivity index (χ2v) is 11.7. The number of aromatic nitrogens is 2. The Kier molecular flexibility index (Phi) is 8.09. The summed E-state index contributed by atoms with van der Waals surface area (Å²) in [7, 11) is 0. The summed E-state index contributed by atoms with van der Waals surface area (Å²) in [6.07, 6.45) is 22.7. The lowest BCUT2D eigenvalue weighted by Crippen LogP contribution is -2.38. The van der Waals surface area contributed by atoms with Crippen LogP contribution in [0, 0.1) is 17.8 Å². The molecule has 2 fully saturated rings. The fourth-order valence-corrected chi connectivity index (χ4v) is 6.95. The van der Waals surface area contributed by atoms with Gasteiger partial charge in [-0.15, -0.1) is 0 Å². The van der Waals surface area contributed by atoms with Gasteiger partial charge in [-0.3, -0.25) is 0 Å². The first-order valence-electron chi connectivity index (χ1n) is 15.2. The highest BCUT2D eigenvalue weighted by Crippen LogP contribution is 2.44. The first-order chi connectivity index (χ1) is 19.4. The summed E-state index contributed by atoms with van der Waals surface area (Å²) in [6, 6.07) is 32.9. The molecule has 1 aromatic heterocycles. The Labute approximate surface area is 234 Å². The fourth-order valence-electron chi connectivity index (χ4n) is 6.95. The van der Waals surface area contributed by atoms with Gasteiger partial charge in [0.2, 0.25) is 0 Å². The van der Waals surface area contributed by atoms with Crippen LogP contribution in [0.3, 0.4) is 0 Å². The third-order valence-corrected chi connectivity index (χ3v) is 9.15. The Morgan fingerprint density at radius 3 is 1.85 bits per heavy atom. The van der Waals surface area contributed by atoms with Crippen LogP contribution in [0.1, 0.15) is 80.3 Å². The van der Waals surface area contributed by atoms with E-state index in [0.29, 0.717) is 5.92 Å². The minimum Gasteiger partial charge on any atom is -0.316 e. The Bertz CT molecular complexity index is 1210. The van der Waals surface area contributed by atoms with Crippen molar-refractivity contribution in [3.05, 3.63) is 138 Å². The summed E-state index contributed by atoms with van der Waals surface area (Å²) in [4.78, 5) is 5.04. The van der Waals surface area contributed by atoms with E-state index in [4.69, 9.17) is 4.98 Å². The summed E-state index contributed by atoms with van der Waals surface area (Å²) in [6.45, 7) is 0. The Morgan fingerprint density at radius 2 is 1.31 bits per heavy atom. The van der Waals surface area contributed by atoms with Gasteiger partial charge in [0.05, 0.1) is 0 Å². The maximum Gasteiger partial charge on any atom is 0.121 e. The average molecular weight is 515 g/mol. The summed E-state index contributed by atoms with van der Waals surface area (Å²) in [5.41, 5.74) is 3.28. The van der Waals surface area contributed by atoms with Crippen molar-refractivity contribution in [1.29, 1.82) is 0 Å². The molecule has 0 aliphatic heterocycles. The van der Waals surface area contributed by atoms with Gasteiger partial charge in [-0.2, -0.15) is 0 Å². The average Bonchev–Trinajstić information content (AvgIpc) is 3.76. The largest absolute Gasteiger partial charge is 0.316 e. The van der Waals surface area contributed by atoms with E-state index in [0.717, 1.165) is 18.3 Å². The molecule has 0 amide bonds. The molecule has 4 aromatic rings. The molecule has 6 rings (SSSR count). The van der Waals surface area contributed by atoms with Gasteiger partial charge in [-0.05, 0) is 60.1 Å². The van der Waals surface area contributed by atoms with Crippen molar-refractivity contribution in [1.82, 2.24) is 9.55 Å². The molecule has 1 atom stereocenters. The first kappa shape index (κ1) is 25.9. The fraction of sp³-hybridized carbons (Fsp3) is 0.378. The molecule has 0 bridgehead atoms. The number of hydrogen-bond acceptors (Lipinski definition) is 1. The third-order valence-electron chi connectivity index (χ3n) is 9.15. The van der Waals surface area contributed by atoms with E-state index >= 15 is 0 Å². The lowest BCUT2D eigenvalue weighted by atomic mass is 9.76.